The number of benzene rings is 1. The van der Waals surface area contributed by atoms with Crippen LogP contribution in [0.5, 0.6) is 0 Å². The predicted molar refractivity (Wildman–Crippen MR) is 96.7 cm³/mol. The van der Waals surface area contributed by atoms with Crippen molar-refractivity contribution >= 4 is 11.6 Å². The lowest BCUT2D eigenvalue weighted by Gasteiger charge is -2.09. The lowest BCUT2D eigenvalue weighted by molar-refractivity contribution is -0.116. The number of hydrogen-bond acceptors (Lipinski definition) is 4. The molecule has 0 saturated heterocycles. The summed E-state index contributed by atoms with van der Waals surface area (Å²) in [7, 11) is 0. The lowest BCUT2D eigenvalue weighted by Crippen LogP contribution is -2.12. The van der Waals surface area contributed by atoms with Gasteiger partial charge in [0.15, 0.2) is 5.82 Å². The van der Waals surface area contributed by atoms with Gasteiger partial charge in [-0.25, -0.2) is 4.98 Å². The van der Waals surface area contributed by atoms with Gasteiger partial charge in [-0.05, 0) is 31.5 Å². The van der Waals surface area contributed by atoms with Crippen molar-refractivity contribution in [2.24, 2.45) is 5.73 Å². The van der Waals surface area contributed by atoms with E-state index in [9.17, 15) is 4.79 Å². The van der Waals surface area contributed by atoms with Gasteiger partial charge in [0.2, 0.25) is 5.91 Å². The summed E-state index contributed by atoms with van der Waals surface area (Å²) in [6, 6.07) is 7.62. The van der Waals surface area contributed by atoms with Crippen molar-refractivity contribution in [3.63, 3.8) is 0 Å². The van der Waals surface area contributed by atoms with Crippen molar-refractivity contribution in [3.8, 4) is 11.4 Å². The maximum absolute atomic E-state index is 12.2. The standard InChI is InChI=1S/C18H27N5O/c1-13(2)17-21-18(23-22-17)14-9-6-7-10-15(14)20-16(24)11-5-3-4-8-12-19/h6-7,9-10,13H,3-5,8,11-12,19H2,1-2H3,(H,20,24)(H,21,22,23). The number of rotatable bonds is 9. The van der Waals surface area contributed by atoms with Gasteiger partial charge in [0.05, 0.1) is 5.69 Å². The molecule has 0 unspecified atom stereocenters. The molecule has 0 saturated carbocycles. The first kappa shape index (κ1) is 18.1. The Kier molecular flexibility index (Phi) is 6.93. The average Bonchev–Trinajstić information content (AvgIpc) is 3.05. The Morgan fingerprint density at radius 3 is 2.67 bits per heavy atom. The first-order valence-electron chi connectivity index (χ1n) is 8.63. The summed E-state index contributed by atoms with van der Waals surface area (Å²) >= 11 is 0. The summed E-state index contributed by atoms with van der Waals surface area (Å²) in [5.74, 6) is 1.75. The molecule has 0 aliphatic heterocycles. The van der Waals surface area contributed by atoms with E-state index < -0.39 is 0 Å². The van der Waals surface area contributed by atoms with Gasteiger partial charge in [-0.1, -0.05) is 38.8 Å². The zero-order chi connectivity index (χ0) is 17.4. The van der Waals surface area contributed by atoms with E-state index >= 15 is 0 Å². The van der Waals surface area contributed by atoms with Crippen LogP contribution in [0.1, 0.15) is 57.7 Å². The fourth-order valence-electron chi connectivity index (χ4n) is 2.44. The molecule has 4 N–H and O–H groups in total. The second kappa shape index (κ2) is 9.17. The third-order valence-corrected chi connectivity index (χ3v) is 3.85. The zero-order valence-corrected chi connectivity index (χ0v) is 14.5. The second-order valence-electron chi connectivity index (χ2n) is 6.25. The Labute approximate surface area is 143 Å². The molecule has 1 aromatic carbocycles. The number of nitrogens with two attached hydrogens (primary N) is 1. The summed E-state index contributed by atoms with van der Waals surface area (Å²) in [4.78, 5) is 16.7. The smallest absolute Gasteiger partial charge is 0.224 e. The summed E-state index contributed by atoms with van der Waals surface area (Å²) in [5.41, 5.74) is 7.05. The molecule has 0 radical (unpaired) electrons. The van der Waals surface area contributed by atoms with Crippen LogP contribution >= 0.6 is 0 Å². The van der Waals surface area contributed by atoms with Crippen molar-refractivity contribution < 1.29 is 4.79 Å². The van der Waals surface area contributed by atoms with Gasteiger partial charge in [0.1, 0.15) is 5.82 Å². The van der Waals surface area contributed by atoms with Crippen LogP contribution in [0.4, 0.5) is 5.69 Å². The van der Waals surface area contributed by atoms with Crippen molar-refractivity contribution in [3.05, 3.63) is 30.1 Å². The van der Waals surface area contributed by atoms with Gasteiger partial charge in [0.25, 0.3) is 0 Å². The van der Waals surface area contributed by atoms with Crippen molar-refractivity contribution in [2.75, 3.05) is 11.9 Å². The fraction of sp³-hybridized carbons (Fsp3) is 0.500. The van der Waals surface area contributed by atoms with Crippen LogP contribution in [0.15, 0.2) is 24.3 Å². The number of carbonyl (C=O) groups excluding carboxylic acids is 1. The largest absolute Gasteiger partial charge is 0.330 e. The van der Waals surface area contributed by atoms with Crippen LogP contribution in [0.3, 0.4) is 0 Å². The molecular weight excluding hydrogens is 302 g/mol. The van der Waals surface area contributed by atoms with Gasteiger partial charge in [0, 0.05) is 17.9 Å². The lowest BCUT2D eigenvalue weighted by atomic mass is 10.1. The number of nitrogens with one attached hydrogen (secondary N) is 2. The number of para-hydroxylation sites is 1. The van der Waals surface area contributed by atoms with Crippen LogP contribution in [0.25, 0.3) is 11.4 Å². The molecule has 2 aromatic rings. The van der Waals surface area contributed by atoms with Gasteiger partial charge >= 0.3 is 0 Å². The molecule has 0 spiro atoms. The maximum atomic E-state index is 12.2. The summed E-state index contributed by atoms with van der Waals surface area (Å²) < 4.78 is 0. The highest BCUT2D eigenvalue weighted by Crippen LogP contribution is 2.26. The molecule has 130 valence electrons. The Morgan fingerprint density at radius 2 is 1.96 bits per heavy atom. The van der Waals surface area contributed by atoms with E-state index in [1.165, 1.54) is 0 Å². The average molecular weight is 329 g/mol. The minimum Gasteiger partial charge on any atom is -0.330 e. The quantitative estimate of drug-likeness (QED) is 0.614. The number of H-pyrrole nitrogens is 1. The number of anilines is 1. The predicted octanol–water partition coefficient (Wildman–Crippen LogP) is 3.44. The van der Waals surface area contributed by atoms with Crippen molar-refractivity contribution in [1.29, 1.82) is 0 Å². The van der Waals surface area contributed by atoms with Crippen molar-refractivity contribution in [2.45, 2.75) is 51.9 Å². The number of carbonyl (C=O) groups is 1. The molecule has 0 bridgehead atoms. The molecule has 0 fully saturated rings. The monoisotopic (exact) mass is 329 g/mol. The topological polar surface area (TPSA) is 96.7 Å². The maximum Gasteiger partial charge on any atom is 0.224 e. The first-order valence-corrected chi connectivity index (χ1v) is 8.63. The summed E-state index contributed by atoms with van der Waals surface area (Å²) in [6.45, 7) is 4.83. The minimum absolute atomic E-state index is 0.0230. The SMILES string of the molecule is CC(C)c1nc(-c2ccccc2NC(=O)CCCCCCN)n[nH]1. The molecule has 6 nitrogen and oxygen atoms in total. The molecular formula is C18H27N5O. The van der Waals surface area contributed by atoms with Gasteiger partial charge < -0.3 is 11.1 Å². The normalized spacial score (nSPS) is 11.0. The minimum atomic E-state index is 0.0230. The Hall–Kier alpha value is -2.21. The molecule has 1 aromatic heterocycles. The van der Waals surface area contributed by atoms with E-state index in [0.29, 0.717) is 18.8 Å². The zero-order valence-electron chi connectivity index (χ0n) is 14.5. The van der Waals surface area contributed by atoms with Gasteiger partial charge in [-0.15, -0.1) is 0 Å². The highest BCUT2D eigenvalue weighted by molar-refractivity contribution is 5.94. The van der Waals surface area contributed by atoms with E-state index in [1.807, 2.05) is 24.3 Å². The van der Waals surface area contributed by atoms with Crippen LogP contribution in [0.2, 0.25) is 0 Å². The third kappa shape index (κ3) is 5.16. The van der Waals surface area contributed by atoms with Crippen LogP contribution < -0.4 is 11.1 Å². The molecule has 1 amide bonds. The number of amides is 1. The molecule has 6 heteroatoms. The molecule has 24 heavy (non-hydrogen) atoms. The van der Waals surface area contributed by atoms with E-state index in [1.54, 1.807) is 0 Å². The summed E-state index contributed by atoms with van der Waals surface area (Å²) in [5, 5.41) is 10.2. The van der Waals surface area contributed by atoms with E-state index in [-0.39, 0.29) is 11.8 Å². The Balaban J connectivity index is 1.99. The Bertz CT molecular complexity index is 650. The number of aromatic amines is 1. The second-order valence-corrected chi connectivity index (χ2v) is 6.25. The molecule has 1 heterocycles. The van der Waals surface area contributed by atoms with Crippen LogP contribution in [0, 0.1) is 0 Å². The van der Waals surface area contributed by atoms with E-state index in [0.717, 1.165) is 42.8 Å². The number of nitrogens with zero attached hydrogens (tertiary/aromatic N) is 2. The molecule has 0 atom stereocenters. The molecule has 0 aliphatic rings. The number of aromatic nitrogens is 3. The van der Waals surface area contributed by atoms with Crippen molar-refractivity contribution in [1.82, 2.24) is 15.2 Å². The van der Waals surface area contributed by atoms with E-state index in [2.05, 4.69) is 34.3 Å². The van der Waals surface area contributed by atoms with E-state index in [4.69, 9.17) is 5.73 Å². The van der Waals surface area contributed by atoms with Crippen LogP contribution in [-0.4, -0.2) is 27.6 Å². The highest BCUT2D eigenvalue weighted by atomic mass is 16.1. The molecule has 0 aliphatic carbocycles. The van der Waals surface area contributed by atoms with Crippen LogP contribution in [-0.2, 0) is 4.79 Å². The molecule has 2 rings (SSSR count). The number of unbranched alkanes of at least 4 members (excludes halogenated alkanes) is 3. The fourth-order valence-corrected chi connectivity index (χ4v) is 2.44. The number of hydrogen-bond donors (Lipinski definition) is 3. The summed E-state index contributed by atoms with van der Waals surface area (Å²) in [6.07, 6.45) is 4.53. The highest BCUT2D eigenvalue weighted by Gasteiger charge is 2.13. The van der Waals surface area contributed by atoms with Gasteiger partial charge in [-0.2, -0.15) is 5.10 Å². The third-order valence-electron chi connectivity index (χ3n) is 3.85. The van der Waals surface area contributed by atoms with Gasteiger partial charge in [-0.3, -0.25) is 9.89 Å². The Morgan fingerprint density at radius 1 is 1.21 bits per heavy atom. The first-order chi connectivity index (χ1) is 11.6.